The number of carbonyl (C=O) groups is 1. The highest BCUT2D eigenvalue weighted by Crippen LogP contribution is 2.36. The van der Waals surface area contributed by atoms with Crippen molar-refractivity contribution in [2.75, 3.05) is 0 Å². The average molecular weight is 196 g/mol. The number of hydrogen-bond acceptors (Lipinski definition) is 3. The minimum atomic E-state index is -0.413. The number of hydrogen-bond donors (Lipinski definition) is 0. The number of rotatable bonds is 2. The topological polar surface area (TPSA) is 35.5 Å². The Kier molecular flexibility index (Phi) is 2.88. The summed E-state index contributed by atoms with van der Waals surface area (Å²) in [5.41, 5.74) is -0.669. The van der Waals surface area contributed by atoms with Crippen molar-refractivity contribution in [1.82, 2.24) is 0 Å². The molecule has 0 aromatic rings. The molecule has 1 rings (SSSR count). The van der Waals surface area contributed by atoms with Crippen molar-refractivity contribution in [2.45, 2.75) is 45.8 Å². The fourth-order valence-electron chi connectivity index (χ4n) is 1.18. The van der Waals surface area contributed by atoms with Crippen LogP contribution in [0, 0.1) is 0 Å². The van der Waals surface area contributed by atoms with E-state index in [1.54, 1.807) is 5.98 Å². The normalized spacial score (nSPS) is 24.5. The molecule has 0 atom stereocenters. The molecule has 0 aromatic heterocycles. The molecular formula is C10H17BO3. The Hall–Kier alpha value is -0.605. The van der Waals surface area contributed by atoms with Crippen LogP contribution in [0.15, 0.2) is 12.1 Å². The molecule has 14 heavy (non-hydrogen) atoms. The second-order valence-electron chi connectivity index (χ2n) is 4.59. The molecule has 1 fully saturated rings. The Morgan fingerprint density at radius 2 is 1.57 bits per heavy atom. The molecule has 0 aromatic carbocycles. The summed E-state index contributed by atoms with van der Waals surface area (Å²) in [6.45, 7) is 9.42. The zero-order valence-corrected chi connectivity index (χ0v) is 9.46. The van der Waals surface area contributed by atoms with E-state index in [9.17, 15) is 4.79 Å². The largest absolute Gasteiger partial charge is 0.487 e. The van der Waals surface area contributed by atoms with Crippen molar-refractivity contribution in [2.24, 2.45) is 0 Å². The third kappa shape index (κ3) is 2.25. The van der Waals surface area contributed by atoms with E-state index in [0.717, 1.165) is 0 Å². The van der Waals surface area contributed by atoms with Crippen molar-refractivity contribution in [3.05, 3.63) is 12.1 Å². The van der Waals surface area contributed by atoms with E-state index in [0.29, 0.717) is 0 Å². The molecule has 0 amide bonds. The molecule has 0 N–H and O–H groups in total. The second kappa shape index (κ2) is 3.52. The third-order valence-electron chi connectivity index (χ3n) is 2.76. The van der Waals surface area contributed by atoms with E-state index in [4.69, 9.17) is 9.31 Å². The molecule has 1 saturated heterocycles. The van der Waals surface area contributed by atoms with E-state index in [1.807, 2.05) is 27.7 Å². The summed E-state index contributed by atoms with van der Waals surface area (Å²) >= 11 is 0. The van der Waals surface area contributed by atoms with Crippen LogP contribution in [0.5, 0.6) is 0 Å². The van der Waals surface area contributed by atoms with Gasteiger partial charge >= 0.3 is 7.12 Å². The zero-order valence-electron chi connectivity index (χ0n) is 9.46. The predicted molar refractivity (Wildman–Crippen MR) is 55.9 cm³/mol. The summed E-state index contributed by atoms with van der Waals surface area (Å²) in [5, 5.41) is 0. The van der Waals surface area contributed by atoms with Gasteiger partial charge in [0, 0.05) is 0 Å². The lowest BCUT2D eigenvalue weighted by atomic mass is 9.90. The minimum Gasteiger partial charge on any atom is -0.400 e. The maximum atomic E-state index is 10.7. The summed E-state index contributed by atoms with van der Waals surface area (Å²) in [5.74, 6) is 1.65. The van der Waals surface area contributed by atoms with Gasteiger partial charge in [0.25, 0.3) is 0 Å². The zero-order chi connectivity index (χ0) is 11.0. The summed E-state index contributed by atoms with van der Waals surface area (Å²) in [7, 11) is -0.413. The molecule has 4 heteroatoms. The van der Waals surface area contributed by atoms with Crippen molar-refractivity contribution in [3.63, 3.8) is 0 Å². The molecule has 3 nitrogen and oxygen atoms in total. The first kappa shape index (κ1) is 11.5. The number of allylic oxidation sites excluding steroid dienone is 1. The highest BCUT2D eigenvalue weighted by molar-refractivity contribution is 6.52. The fraction of sp³-hybridized carbons (Fsp3) is 0.700. The Morgan fingerprint density at radius 1 is 1.14 bits per heavy atom. The van der Waals surface area contributed by atoms with Crippen LogP contribution in [0.1, 0.15) is 34.6 Å². The third-order valence-corrected chi connectivity index (χ3v) is 2.76. The molecule has 0 unspecified atom stereocenters. The van der Waals surface area contributed by atoms with Gasteiger partial charge in [-0.15, -0.1) is 0 Å². The molecule has 1 heterocycles. The lowest BCUT2D eigenvalue weighted by molar-refractivity contribution is -0.112. The highest BCUT2D eigenvalue weighted by Gasteiger charge is 2.49. The van der Waals surface area contributed by atoms with Crippen LogP contribution < -0.4 is 0 Å². The Bertz CT molecular complexity index is 253. The fourth-order valence-corrected chi connectivity index (χ4v) is 1.18. The predicted octanol–water partition coefficient (Wildman–Crippen LogP) is 1.76. The van der Waals surface area contributed by atoms with Crippen LogP contribution in [0.4, 0.5) is 0 Å². The van der Waals surface area contributed by atoms with Gasteiger partial charge < -0.3 is 9.31 Å². The summed E-state index contributed by atoms with van der Waals surface area (Å²) in [6.07, 6.45) is 1.47. The van der Waals surface area contributed by atoms with Crippen molar-refractivity contribution in [1.29, 1.82) is 0 Å². The van der Waals surface area contributed by atoms with Gasteiger partial charge in [-0.1, -0.05) is 5.98 Å². The Labute approximate surface area is 85.6 Å². The van der Waals surface area contributed by atoms with E-state index in [1.165, 1.54) is 13.0 Å². The Morgan fingerprint density at radius 3 is 1.93 bits per heavy atom. The monoisotopic (exact) mass is 196 g/mol. The molecule has 1 aliphatic heterocycles. The van der Waals surface area contributed by atoms with Gasteiger partial charge in [-0.05, 0) is 40.7 Å². The lowest BCUT2D eigenvalue weighted by Gasteiger charge is -2.32. The van der Waals surface area contributed by atoms with E-state index >= 15 is 0 Å². The van der Waals surface area contributed by atoms with Crippen molar-refractivity contribution in [3.8, 4) is 0 Å². The van der Waals surface area contributed by atoms with Crippen LogP contribution >= 0.6 is 0 Å². The van der Waals surface area contributed by atoms with Gasteiger partial charge in [-0.25, -0.2) is 0 Å². The van der Waals surface area contributed by atoms with Gasteiger partial charge in [-0.3, -0.25) is 4.79 Å². The molecule has 0 saturated carbocycles. The second-order valence-corrected chi connectivity index (χ2v) is 4.59. The van der Waals surface area contributed by atoms with Crippen LogP contribution in [0.3, 0.4) is 0 Å². The maximum Gasteiger partial charge on any atom is 0.487 e. The van der Waals surface area contributed by atoms with Crippen LogP contribution in [0.2, 0.25) is 0 Å². The highest BCUT2D eigenvalue weighted by atomic mass is 16.7. The first-order valence-electron chi connectivity index (χ1n) is 4.79. The van der Waals surface area contributed by atoms with Gasteiger partial charge in [0.1, 0.15) is 0 Å². The molecule has 78 valence electrons. The first-order valence-corrected chi connectivity index (χ1v) is 4.79. The standard InChI is InChI=1S/C10H17BO3/c1-8(12)6-7-11-13-9(2,3)10(4,5)14-11/h6-7H,1-5H3/b7-6+. The average Bonchev–Trinajstić information content (AvgIpc) is 2.17. The summed E-state index contributed by atoms with van der Waals surface area (Å²) < 4.78 is 11.3. The molecule has 1 aliphatic rings. The summed E-state index contributed by atoms with van der Waals surface area (Å²) in [4.78, 5) is 10.7. The quantitative estimate of drug-likeness (QED) is 0.498. The molecule has 0 spiro atoms. The SMILES string of the molecule is CC(=O)/C=C/B1OC(C)(C)C(C)(C)O1. The Balaban J connectivity index is 2.69. The van der Waals surface area contributed by atoms with Crippen molar-refractivity contribution >= 4 is 12.9 Å². The first-order chi connectivity index (χ1) is 6.24. The van der Waals surface area contributed by atoms with Crippen LogP contribution in [-0.4, -0.2) is 24.1 Å². The van der Waals surface area contributed by atoms with Gasteiger partial charge in [0.2, 0.25) is 0 Å². The van der Waals surface area contributed by atoms with Gasteiger partial charge in [0.15, 0.2) is 5.78 Å². The smallest absolute Gasteiger partial charge is 0.400 e. The van der Waals surface area contributed by atoms with E-state index in [2.05, 4.69) is 0 Å². The number of carbonyl (C=O) groups excluding carboxylic acids is 1. The molecule has 0 radical (unpaired) electrons. The molecular weight excluding hydrogens is 179 g/mol. The van der Waals surface area contributed by atoms with E-state index in [-0.39, 0.29) is 17.0 Å². The van der Waals surface area contributed by atoms with Crippen molar-refractivity contribution < 1.29 is 14.1 Å². The van der Waals surface area contributed by atoms with Crippen LogP contribution in [-0.2, 0) is 14.1 Å². The minimum absolute atomic E-state index is 0.000266. The molecule has 0 aliphatic carbocycles. The van der Waals surface area contributed by atoms with Gasteiger partial charge in [-0.2, -0.15) is 0 Å². The van der Waals surface area contributed by atoms with Crippen LogP contribution in [0.25, 0.3) is 0 Å². The lowest BCUT2D eigenvalue weighted by Crippen LogP contribution is -2.41. The van der Waals surface area contributed by atoms with Gasteiger partial charge in [0.05, 0.1) is 11.2 Å². The molecule has 0 bridgehead atoms. The van der Waals surface area contributed by atoms with E-state index < -0.39 is 7.12 Å². The maximum absolute atomic E-state index is 10.7. The summed E-state index contributed by atoms with van der Waals surface area (Å²) in [6, 6.07) is 0. The number of ketones is 1.